The van der Waals surface area contributed by atoms with Crippen LogP contribution in [0, 0.1) is 5.41 Å². The molecule has 0 aliphatic carbocycles. The summed E-state index contributed by atoms with van der Waals surface area (Å²) >= 11 is 2.36. The fraction of sp³-hybridized carbons (Fsp3) is 0.370. The maximum Gasteiger partial charge on any atom is 0.511 e. The quantitative estimate of drug-likeness (QED) is 0.0917. The fourth-order valence-electron chi connectivity index (χ4n) is 3.93. The average molecular weight is 631 g/mol. The van der Waals surface area contributed by atoms with Gasteiger partial charge in [0.2, 0.25) is 6.29 Å². The van der Waals surface area contributed by atoms with Gasteiger partial charge in [-0.25, -0.2) is 14.6 Å². The number of nitrogens with two attached hydrogens (primary N) is 1. The van der Waals surface area contributed by atoms with E-state index in [1.54, 1.807) is 30.6 Å². The van der Waals surface area contributed by atoms with Crippen molar-refractivity contribution in [3.63, 3.8) is 0 Å². The van der Waals surface area contributed by atoms with Gasteiger partial charge in [-0.2, -0.15) is 0 Å². The third-order valence-electron chi connectivity index (χ3n) is 5.88. The van der Waals surface area contributed by atoms with E-state index in [0.29, 0.717) is 5.57 Å². The molecule has 0 saturated carbocycles. The molecule has 4 rings (SSSR count). The molecule has 3 atom stereocenters. The van der Waals surface area contributed by atoms with Crippen LogP contribution < -0.4 is 11.1 Å². The lowest BCUT2D eigenvalue weighted by molar-refractivity contribution is -0.169. The number of amides is 2. The number of hydrogen-bond donors (Lipinski definition) is 3. The van der Waals surface area contributed by atoms with Crippen molar-refractivity contribution in [2.45, 2.75) is 45.4 Å². The molecule has 0 aromatic carbocycles. The summed E-state index contributed by atoms with van der Waals surface area (Å²) in [5, 5.41) is 15.9. The van der Waals surface area contributed by atoms with Crippen molar-refractivity contribution in [1.29, 1.82) is 0 Å². The predicted octanol–water partition coefficient (Wildman–Crippen LogP) is 2.75. The Balaban J connectivity index is 1.52. The van der Waals surface area contributed by atoms with Gasteiger partial charge in [-0.3, -0.25) is 19.5 Å². The summed E-state index contributed by atoms with van der Waals surface area (Å²) in [5.41, 5.74) is 6.10. The Hall–Kier alpha value is -4.44. The van der Waals surface area contributed by atoms with Gasteiger partial charge in [-0.05, 0) is 22.6 Å². The Labute approximate surface area is 255 Å². The van der Waals surface area contributed by atoms with E-state index in [1.807, 2.05) is 26.8 Å². The first-order valence-corrected chi connectivity index (χ1v) is 14.9. The van der Waals surface area contributed by atoms with Gasteiger partial charge in [-0.1, -0.05) is 44.1 Å². The predicted molar refractivity (Wildman–Crippen MR) is 158 cm³/mol. The first-order valence-electron chi connectivity index (χ1n) is 12.9. The standard InChI is InChI=1S/C27H30N6O8S2/c1-14(41-26(37)39-13-27(2,3)4)40-24(36)20-16(8-7-15-6-5-9-29-10-15)11-42-23-19(22(35)33(20)23)31-21(34)18(32-38)17-12-43-25(28)30-17/h5-10,12,14,19,23,38H,11,13H2,1-4H3,(H2,28,30)(H,31,34)/b8-7-,32-18-/t14?,19-,23-/m1/s1. The van der Waals surface area contributed by atoms with E-state index in [4.69, 9.17) is 19.9 Å². The molecule has 43 heavy (non-hydrogen) atoms. The molecule has 14 nitrogen and oxygen atoms in total. The minimum Gasteiger partial charge on any atom is -0.434 e. The molecule has 0 bridgehead atoms. The zero-order valence-corrected chi connectivity index (χ0v) is 25.3. The number of carbonyl (C=O) groups is 4. The van der Waals surface area contributed by atoms with Gasteiger partial charge in [0.05, 0.1) is 6.61 Å². The van der Waals surface area contributed by atoms with Gasteiger partial charge < -0.3 is 30.5 Å². The van der Waals surface area contributed by atoms with Crippen molar-refractivity contribution in [3.05, 3.63) is 58.5 Å². The molecule has 1 unspecified atom stereocenters. The highest BCUT2D eigenvalue weighted by atomic mass is 32.2. The first-order chi connectivity index (χ1) is 20.4. The number of thioether (sulfide) groups is 1. The largest absolute Gasteiger partial charge is 0.511 e. The maximum absolute atomic E-state index is 13.4. The third kappa shape index (κ3) is 7.70. The van der Waals surface area contributed by atoms with Crippen LogP contribution in [0.2, 0.25) is 0 Å². The number of nitrogen functional groups attached to an aromatic ring is 1. The number of carbonyl (C=O) groups excluding carboxylic acids is 4. The number of nitrogens with one attached hydrogen (secondary N) is 1. The molecule has 4 N–H and O–H groups in total. The number of anilines is 1. The molecular weight excluding hydrogens is 600 g/mol. The fourth-order valence-corrected chi connectivity index (χ4v) is 5.79. The lowest BCUT2D eigenvalue weighted by Gasteiger charge is -2.49. The van der Waals surface area contributed by atoms with Gasteiger partial charge in [0.25, 0.3) is 11.8 Å². The van der Waals surface area contributed by atoms with Crippen molar-refractivity contribution in [2.24, 2.45) is 10.6 Å². The maximum atomic E-state index is 13.4. The lowest BCUT2D eigenvalue weighted by atomic mass is 9.99. The highest BCUT2D eigenvalue weighted by Gasteiger charge is 2.54. The van der Waals surface area contributed by atoms with Gasteiger partial charge in [0.15, 0.2) is 10.8 Å². The van der Waals surface area contributed by atoms with Crippen LogP contribution in [-0.2, 0) is 28.6 Å². The molecule has 2 aliphatic heterocycles. The smallest absolute Gasteiger partial charge is 0.434 e. The molecule has 16 heteroatoms. The van der Waals surface area contributed by atoms with Crippen LogP contribution in [0.1, 0.15) is 39.0 Å². The van der Waals surface area contributed by atoms with E-state index in [0.717, 1.165) is 16.9 Å². The topological polar surface area (TPSA) is 196 Å². The van der Waals surface area contributed by atoms with Gasteiger partial charge in [-0.15, -0.1) is 23.1 Å². The monoisotopic (exact) mass is 630 g/mol. The number of esters is 1. The third-order valence-corrected chi connectivity index (χ3v) is 7.85. The Kier molecular flexibility index (Phi) is 9.70. The molecule has 228 valence electrons. The number of ether oxygens (including phenoxy) is 3. The van der Waals surface area contributed by atoms with E-state index in [9.17, 15) is 24.4 Å². The van der Waals surface area contributed by atoms with Crippen LogP contribution in [0.4, 0.5) is 9.93 Å². The number of aromatic nitrogens is 2. The van der Waals surface area contributed by atoms with Crippen LogP contribution in [-0.4, -0.2) is 79.8 Å². The molecule has 2 amide bonds. The SMILES string of the molecule is CC(OC(=O)OCC(C)(C)C)OC(=O)C1=C(/C=C\c2cccnc2)CS[C@@H]2[C@H](NC(=O)/C(=N\O)c3csc(N)n3)C(=O)N12. The summed E-state index contributed by atoms with van der Waals surface area (Å²) in [6.07, 6.45) is 4.31. The zero-order valence-electron chi connectivity index (χ0n) is 23.7. The lowest BCUT2D eigenvalue weighted by Crippen LogP contribution is -2.71. The zero-order chi connectivity index (χ0) is 31.3. The van der Waals surface area contributed by atoms with E-state index in [-0.39, 0.29) is 34.3 Å². The number of rotatable bonds is 9. The molecule has 2 aromatic heterocycles. The number of pyridine rings is 1. The average Bonchev–Trinajstić information content (AvgIpc) is 3.39. The Morgan fingerprint density at radius 1 is 1.30 bits per heavy atom. The molecule has 4 heterocycles. The highest BCUT2D eigenvalue weighted by Crippen LogP contribution is 2.41. The second-order valence-corrected chi connectivity index (χ2v) is 12.6. The van der Waals surface area contributed by atoms with Gasteiger partial charge in [0, 0.05) is 30.5 Å². The second-order valence-electron chi connectivity index (χ2n) is 10.6. The normalized spacial score (nSPS) is 19.4. The summed E-state index contributed by atoms with van der Waals surface area (Å²) in [6.45, 7) is 7.06. The number of thiazole rings is 1. The molecule has 2 aliphatic rings. The molecule has 1 fully saturated rings. The van der Waals surface area contributed by atoms with Crippen LogP contribution in [0.15, 0.2) is 52.4 Å². The molecule has 2 aromatic rings. The van der Waals surface area contributed by atoms with E-state index in [2.05, 4.69) is 20.4 Å². The molecular formula is C27H30N6O8S2. The van der Waals surface area contributed by atoms with Crippen LogP contribution in [0.25, 0.3) is 6.08 Å². The number of nitrogens with zero attached hydrogens (tertiary/aromatic N) is 4. The van der Waals surface area contributed by atoms with Crippen LogP contribution >= 0.6 is 23.1 Å². The minimum atomic E-state index is -1.33. The van der Waals surface area contributed by atoms with E-state index in [1.165, 1.54) is 29.0 Å². The van der Waals surface area contributed by atoms with Crippen molar-refractivity contribution < 1.29 is 38.6 Å². The number of β-lactam (4-membered cyclic amide) rings is 1. The van der Waals surface area contributed by atoms with Crippen molar-refractivity contribution in [3.8, 4) is 0 Å². The molecule has 0 spiro atoms. The first kappa shape index (κ1) is 31.5. The second kappa shape index (κ2) is 13.2. The van der Waals surface area contributed by atoms with Gasteiger partial charge >= 0.3 is 12.1 Å². The number of hydrogen-bond acceptors (Lipinski definition) is 14. The van der Waals surface area contributed by atoms with Crippen molar-refractivity contribution in [2.75, 3.05) is 18.1 Å². The Bertz CT molecular complexity index is 1480. The Morgan fingerprint density at radius 2 is 2.07 bits per heavy atom. The highest BCUT2D eigenvalue weighted by molar-refractivity contribution is 8.00. The van der Waals surface area contributed by atoms with Gasteiger partial charge in [0.1, 0.15) is 22.8 Å². The van der Waals surface area contributed by atoms with Crippen molar-refractivity contribution >= 4 is 64.0 Å². The summed E-state index contributed by atoms with van der Waals surface area (Å²) in [4.78, 5) is 60.9. The summed E-state index contributed by atoms with van der Waals surface area (Å²) in [6, 6.07) is 2.53. The molecule has 0 radical (unpaired) electrons. The van der Waals surface area contributed by atoms with Crippen molar-refractivity contribution in [1.82, 2.24) is 20.2 Å². The summed E-state index contributed by atoms with van der Waals surface area (Å²) in [5.74, 6) is -2.09. The number of oxime groups is 1. The van der Waals surface area contributed by atoms with E-state index < -0.39 is 47.4 Å². The Morgan fingerprint density at radius 3 is 2.70 bits per heavy atom. The van der Waals surface area contributed by atoms with Crippen LogP contribution in [0.3, 0.4) is 0 Å². The number of allylic oxidation sites excluding steroid dienone is 1. The molecule has 1 saturated heterocycles. The van der Waals surface area contributed by atoms with Crippen LogP contribution in [0.5, 0.6) is 0 Å². The van der Waals surface area contributed by atoms with E-state index >= 15 is 0 Å². The summed E-state index contributed by atoms with van der Waals surface area (Å²) in [7, 11) is 0. The summed E-state index contributed by atoms with van der Waals surface area (Å²) < 4.78 is 15.5. The minimum absolute atomic E-state index is 0.0458. The number of fused-ring (bicyclic) bond motifs is 1.